The molecule has 0 spiro atoms. The molecule has 2 N–H and O–H groups in total. The van der Waals surface area contributed by atoms with E-state index in [9.17, 15) is 14.4 Å². The Morgan fingerprint density at radius 2 is 1.85 bits per heavy atom. The third-order valence-corrected chi connectivity index (χ3v) is 8.18. The van der Waals surface area contributed by atoms with Crippen LogP contribution >= 0.6 is 11.3 Å². The summed E-state index contributed by atoms with van der Waals surface area (Å²) < 4.78 is 5.89. The third kappa shape index (κ3) is 5.46. The van der Waals surface area contributed by atoms with Crippen molar-refractivity contribution in [3.05, 3.63) is 71.7 Å². The molecule has 0 unspecified atom stereocenters. The maximum atomic E-state index is 13.5. The number of nitrogens with zero attached hydrogens (tertiary/aromatic N) is 4. The number of piperidine rings is 1. The molecule has 2 aromatic heterocycles. The highest BCUT2D eigenvalue weighted by atomic mass is 32.1. The number of pyridine rings is 1. The number of anilines is 3. The number of thiophene rings is 1. The van der Waals surface area contributed by atoms with Crippen molar-refractivity contribution in [2.24, 2.45) is 0 Å². The number of benzene rings is 2. The Kier molecular flexibility index (Phi) is 7.29. The van der Waals surface area contributed by atoms with Crippen LogP contribution in [-0.2, 0) is 4.79 Å². The van der Waals surface area contributed by atoms with Crippen molar-refractivity contribution in [2.75, 3.05) is 43.9 Å². The van der Waals surface area contributed by atoms with Crippen molar-refractivity contribution in [1.82, 2.24) is 20.1 Å². The second-order valence-electron chi connectivity index (χ2n) is 10.4. The van der Waals surface area contributed by atoms with Crippen molar-refractivity contribution >= 4 is 56.5 Å². The van der Waals surface area contributed by atoms with Gasteiger partial charge in [-0.05, 0) is 69.4 Å². The van der Waals surface area contributed by atoms with Crippen molar-refractivity contribution in [1.29, 1.82) is 0 Å². The Balaban J connectivity index is 1.23. The molecular weight excluding hydrogens is 540 g/mol. The first kappa shape index (κ1) is 26.7. The third-order valence-electron chi connectivity index (χ3n) is 7.09. The highest BCUT2D eigenvalue weighted by Crippen LogP contribution is 2.45. The van der Waals surface area contributed by atoms with E-state index in [0.717, 1.165) is 24.0 Å². The van der Waals surface area contributed by atoms with Crippen LogP contribution in [0.25, 0.3) is 10.2 Å². The largest absolute Gasteiger partial charge is 0.457 e. The van der Waals surface area contributed by atoms with Crippen LogP contribution < -0.4 is 20.3 Å². The number of urea groups is 1. The zero-order valence-corrected chi connectivity index (χ0v) is 23.6. The van der Waals surface area contributed by atoms with Gasteiger partial charge in [0.15, 0.2) is 0 Å². The zero-order valence-electron chi connectivity index (χ0n) is 22.8. The SMILES string of the molecule is CN(C)CC(=O)N1CCC[C@@H](NC(=O)c2sc3nccc4c3c2NC(=O)N4c2ccc(Oc3ccccc3)cc2)C1. The lowest BCUT2D eigenvalue weighted by Crippen LogP contribution is -2.51. The Morgan fingerprint density at radius 3 is 2.61 bits per heavy atom. The number of aromatic nitrogens is 1. The summed E-state index contributed by atoms with van der Waals surface area (Å²) in [7, 11) is 3.72. The molecule has 41 heavy (non-hydrogen) atoms. The number of nitrogens with one attached hydrogen (secondary N) is 2. The molecule has 210 valence electrons. The number of amides is 4. The smallest absolute Gasteiger partial charge is 0.331 e. The summed E-state index contributed by atoms with van der Waals surface area (Å²) in [6, 6.07) is 18.0. The van der Waals surface area contributed by atoms with Crippen molar-refractivity contribution < 1.29 is 19.1 Å². The second-order valence-corrected chi connectivity index (χ2v) is 11.4. The van der Waals surface area contributed by atoms with Crippen molar-refractivity contribution in [3.63, 3.8) is 0 Å². The second kappa shape index (κ2) is 11.2. The van der Waals surface area contributed by atoms with E-state index in [1.807, 2.05) is 73.6 Å². The maximum absolute atomic E-state index is 13.5. The number of likely N-dealkylation sites (N-methyl/N-ethyl adjacent to an activating group) is 1. The molecule has 0 bridgehead atoms. The Morgan fingerprint density at radius 1 is 1.10 bits per heavy atom. The number of likely N-dealkylation sites (tertiary alicyclic amines) is 1. The van der Waals surface area contributed by atoms with Gasteiger partial charge in [0.1, 0.15) is 21.2 Å². The molecule has 4 amide bonds. The van der Waals surface area contributed by atoms with Crippen LogP contribution in [0, 0.1) is 0 Å². The van der Waals surface area contributed by atoms with Crippen LogP contribution in [-0.4, -0.2) is 72.4 Å². The first-order valence-corrected chi connectivity index (χ1v) is 14.3. The summed E-state index contributed by atoms with van der Waals surface area (Å²) >= 11 is 1.25. The standard InChI is InChI=1S/C30H30N6O4S/c1-34(2)18-24(37)35-16-6-7-19(17-35)32-28(38)27-26-25-23(14-15-31-29(25)41-27)36(30(39)33-26)20-10-12-22(13-11-20)40-21-8-4-3-5-9-21/h3-5,8-15,19H,6-7,16-18H2,1-2H3,(H,32,38)(H,33,39)/t19-/m1/s1. The van der Waals surface area contributed by atoms with Gasteiger partial charge in [0.25, 0.3) is 5.91 Å². The number of carbonyl (C=O) groups excluding carboxylic acids is 3. The Hall–Kier alpha value is -4.48. The molecule has 1 fully saturated rings. The monoisotopic (exact) mass is 570 g/mol. The van der Waals surface area contributed by atoms with Gasteiger partial charge < -0.3 is 25.2 Å². The molecule has 4 aromatic rings. The minimum absolute atomic E-state index is 0.0479. The van der Waals surface area contributed by atoms with E-state index in [4.69, 9.17) is 4.74 Å². The first-order chi connectivity index (χ1) is 19.9. The normalized spacial score (nSPS) is 16.6. The van der Waals surface area contributed by atoms with Crippen LogP contribution in [0.1, 0.15) is 22.5 Å². The minimum Gasteiger partial charge on any atom is -0.457 e. The van der Waals surface area contributed by atoms with E-state index in [1.54, 1.807) is 22.1 Å². The van der Waals surface area contributed by atoms with Gasteiger partial charge in [0.05, 0.1) is 29.0 Å². The quantitative estimate of drug-likeness (QED) is 0.322. The highest BCUT2D eigenvalue weighted by molar-refractivity contribution is 7.21. The summed E-state index contributed by atoms with van der Waals surface area (Å²) in [5.74, 6) is 1.14. The number of rotatable bonds is 7. The molecule has 4 heterocycles. The highest BCUT2D eigenvalue weighted by Gasteiger charge is 2.34. The van der Waals surface area contributed by atoms with Crippen molar-refractivity contribution in [2.45, 2.75) is 18.9 Å². The summed E-state index contributed by atoms with van der Waals surface area (Å²) in [6.07, 6.45) is 3.24. The molecule has 10 nitrogen and oxygen atoms in total. The van der Waals surface area contributed by atoms with Crippen LogP contribution in [0.3, 0.4) is 0 Å². The summed E-state index contributed by atoms with van der Waals surface area (Å²) in [6.45, 7) is 1.48. The predicted octanol–water partition coefficient (Wildman–Crippen LogP) is 5.05. The number of para-hydroxylation sites is 1. The van der Waals surface area contributed by atoms with Gasteiger partial charge in [-0.1, -0.05) is 18.2 Å². The van der Waals surface area contributed by atoms with Gasteiger partial charge >= 0.3 is 6.03 Å². The summed E-state index contributed by atoms with van der Waals surface area (Å²) in [4.78, 5) is 50.2. The molecule has 0 radical (unpaired) electrons. The van der Waals surface area contributed by atoms with Gasteiger partial charge in [-0.3, -0.25) is 14.5 Å². The fourth-order valence-corrected chi connectivity index (χ4v) is 6.25. The topological polar surface area (TPSA) is 107 Å². The predicted molar refractivity (Wildman–Crippen MR) is 159 cm³/mol. The molecule has 1 saturated heterocycles. The number of hydrogen-bond donors (Lipinski definition) is 2. The average molecular weight is 571 g/mol. The van der Waals surface area contributed by atoms with E-state index in [0.29, 0.717) is 52.2 Å². The van der Waals surface area contributed by atoms with Crippen LogP contribution in [0.15, 0.2) is 66.9 Å². The van der Waals surface area contributed by atoms with Gasteiger partial charge in [0.2, 0.25) is 5.91 Å². The summed E-state index contributed by atoms with van der Waals surface area (Å²) in [5, 5.41) is 6.75. The zero-order chi connectivity index (χ0) is 28.5. The number of carbonyl (C=O) groups is 3. The van der Waals surface area contributed by atoms with E-state index in [2.05, 4.69) is 15.6 Å². The van der Waals surface area contributed by atoms with E-state index < -0.39 is 0 Å². The first-order valence-electron chi connectivity index (χ1n) is 13.5. The number of hydrogen-bond acceptors (Lipinski definition) is 7. The van der Waals surface area contributed by atoms with Gasteiger partial charge in [-0.2, -0.15) is 0 Å². The maximum Gasteiger partial charge on any atom is 0.331 e. The molecule has 0 saturated carbocycles. The van der Waals surface area contributed by atoms with E-state index in [1.165, 1.54) is 11.3 Å². The molecule has 11 heteroatoms. The van der Waals surface area contributed by atoms with E-state index >= 15 is 0 Å². The fraction of sp³-hybridized carbons (Fsp3) is 0.267. The van der Waals surface area contributed by atoms with Crippen LogP contribution in [0.5, 0.6) is 11.5 Å². The molecule has 2 aliphatic heterocycles. The van der Waals surface area contributed by atoms with Gasteiger partial charge in [-0.25, -0.2) is 9.78 Å². The molecule has 2 aromatic carbocycles. The number of ether oxygens (including phenoxy) is 1. The lowest BCUT2D eigenvalue weighted by atomic mass is 10.1. The molecule has 6 rings (SSSR count). The Labute approximate surface area is 241 Å². The molecular formula is C30H30N6O4S. The lowest BCUT2D eigenvalue weighted by molar-refractivity contribution is -0.133. The lowest BCUT2D eigenvalue weighted by Gasteiger charge is -2.34. The summed E-state index contributed by atoms with van der Waals surface area (Å²) in [5.41, 5.74) is 1.77. The van der Waals surface area contributed by atoms with E-state index in [-0.39, 0.29) is 23.9 Å². The van der Waals surface area contributed by atoms with Crippen LogP contribution in [0.2, 0.25) is 0 Å². The molecule has 1 atom stereocenters. The molecule has 2 aliphatic rings. The average Bonchev–Trinajstić information content (AvgIpc) is 3.34. The minimum atomic E-state index is -0.368. The fourth-order valence-electron chi connectivity index (χ4n) is 5.23. The van der Waals surface area contributed by atoms with Gasteiger partial charge in [0, 0.05) is 25.3 Å². The van der Waals surface area contributed by atoms with Crippen LogP contribution in [0.4, 0.5) is 21.9 Å². The van der Waals surface area contributed by atoms with Crippen molar-refractivity contribution in [3.8, 4) is 11.5 Å². The van der Waals surface area contributed by atoms with Gasteiger partial charge in [-0.15, -0.1) is 11.3 Å². The Bertz CT molecular complexity index is 1600. The molecule has 0 aliphatic carbocycles.